The number of rotatable bonds is 5. The van der Waals surface area contributed by atoms with Gasteiger partial charge >= 0.3 is 6.18 Å². The number of benzene rings is 4. The lowest BCUT2D eigenvalue weighted by Gasteiger charge is -2.11. The van der Waals surface area contributed by atoms with Crippen LogP contribution in [-0.4, -0.2) is 4.92 Å². The van der Waals surface area contributed by atoms with Crippen molar-refractivity contribution >= 4 is 27.6 Å². The van der Waals surface area contributed by atoms with Crippen LogP contribution in [0.3, 0.4) is 0 Å². The number of non-ortho nitro benzene ring substituents is 1. The molecule has 6 nitrogen and oxygen atoms in total. The molecule has 1 aromatic heterocycles. The molecule has 0 fully saturated rings. The molecule has 0 aliphatic rings. The van der Waals surface area contributed by atoms with Crippen LogP contribution in [0.4, 0.5) is 18.9 Å². The van der Waals surface area contributed by atoms with Gasteiger partial charge in [-0.3, -0.25) is 10.1 Å². The highest BCUT2D eigenvalue weighted by molar-refractivity contribution is 6.05. The maximum Gasteiger partial charge on any atom is 0.416 e. The molecule has 5 rings (SSSR count). The minimum atomic E-state index is -4.55. The number of hydrogen-bond acceptors (Lipinski definition) is 5. The second kappa shape index (κ2) is 8.11. The molecule has 0 aliphatic carbocycles. The summed E-state index contributed by atoms with van der Waals surface area (Å²) in [4.78, 5) is 10.8. The lowest BCUT2D eigenvalue weighted by molar-refractivity contribution is -0.385. The average molecular weight is 465 g/mol. The Kier molecular flexibility index (Phi) is 5.09. The summed E-state index contributed by atoms with van der Waals surface area (Å²) in [5.74, 6) is 0.318. The summed E-state index contributed by atoms with van der Waals surface area (Å²) in [6.07, 6.45) is -4.55. The Bertz CT molecular complexity index is 1540. The highest BCUT2D eigenvalue weighted by atomic mass is 19.4. The Hall–Kier alpha value is -4.53. The molecule has 0 saturated heterocycles. The van der Waals surface area contributed by atoms with E-state index in [9.17, 15) is 23.3 Å². The molecule has 0 unspecified atom stereocenters. The summed E-state index contributed by atoms with van der Waals surface area (Å²) < 4.78 is 56.1. The molecule has 0 N–H and O–H groups in total. The number of hydrogen-bond donors (Lipinski definition) is 0. The van der Waals surface area contributed by atoms with Crippen LogP contribution in [0.1, 0.15) is 5.56 Å². The summed E-state index contributed by atoms with van der Waals surface area (Å²) in [7, 11) is 0. The fourth-order valence-electron chi connectivity index (χ4n) is 3.56. The molecule has 5 aromatic rings. The fourth-order valence-corrected chi connectivity index (χ4v) is 3.56. The van der Waals surface area contributed by atoms with Crippen LogP contribution in [0.25, 0.3) is 21.9 Å². The number of para-hydroxylation sites is 1. The number of nitro groups is 1. The maximum absolute atomic E-state index is 13.0. The Labute approximate surface area is 189 Å². The predicted molar refractivity (Wildman–Crippen MR) is 118 cm³/mol. The van der Waals surface area contributed by atoms with Crippen molar-refractivity contribution in [1.29, 1.82) is 0 Å². The zero-order chi connectivity index (χ0) is 23.9. The van der Waals surface area contributed by atoms with Gasteiger partial charge in [0.25, 0.3) is 5.69 Å². The van der Waals surface area contributed by atoms with Crippen molar-refractivity contribution in [3.05, 3.63) is 101 Å². The van der Waals surface area contributed by atoms with Gasteiger partial charge in [-0.05, 0) is 42.5 Å². The van der Waals surface area contributed by atoms with Crippen molar-refractivity contribution < 1.29 is 32.0 Å². The van der Waals surface area contributed by atoms with Crippen molar-refractivity contribution in [2.45, 2.75) is 6.18 Å². The summed E-state index contributed by atoms with van der Waals surface area (Å²) >= 11 is 0. The van der Waals surface area contributed by atoms with Gasteiger partial charge in [0.05, 0.1) is 22.6 Å². The fraction of sp³-hybridized carbons (Fsp3) is 0.0400. The smallest absolute Gasteiger partial charge is 0.416 e. The number of fused-ring (bicyclic) bond motifs is 3. The third-order valence-corrected chi connectivity index (χ3v) is 5.06. The highest BCUT2D eigenvalue weighted by Crippen LogP contribution is 2.37. The second-order valence-corrected chi connectivity index (χ2v) is 7.41. The number of nitrogens with zero attached hydrogens (tertiary/aromatic N) is 1. The first-order valence-corrected chi connectivity index (χ1v) is 10.00. The number of ether oxygens (including phenoxy) is 2. The van der Waals surface area contributed by atoms with Crippen molar-refractivity contribution in [2.75, 3.05) is 0 Å². The Balaban J connectivity index is 1.49. The average Bonchev–Trinajstić information content (AvgIpc) is 3.16. The van der Waals surface area contributed by atoms with Gasteiger partial charge in [0.15, 0.2) is 0 Å². The van der Waals surface area contributed by atoms with Crippen molar-refractivity contribution in [2.24, 2.45) is 0 Å². The minimum absolute atomic E-state index is 0.0432. The van der Waals surface area contributed by atoms with Crippen molar-refractivity contribution in [3.63, 3.8) is 0 Å². The molecule has 4 aromatic carbocycles. The van der Waals surface area contributed by atoms with E-state index < -0.39 is 16.7 Å². The van der Waals surface area contributed by atoms with Gasteiger partial charge in [0, 0.05) is 16.8 Å². The van der Waals surface area contributed by atoms with Crippen LogP contribution < -0.4 is 9.47 Å². The normalized spacial score (nSPS) is 11.6. The Morgan fingerprint density at radius 1 is 0.706 bits per heavy atom. The summed E-state index contributed by atoms with van der Waals surface area (Å²) in [5.41, 5.74) is 0.129. The van der Waals surface area contributed by atoms with Crippen molar-refractivity contribution in [3.8, 4) is 23.0 Å². The first-order chi connectivity index (χ1) is 16.3. The van der Waals surface area contributed by atoms with E-state index >= 15 is 0 Å². The molecule has 0 spiro atoms. The topological polar surface area (TPSA) is 74.7 Å². The van der Waals surface area contributed by atoms with Crippen molar-refractivity contribution in [1.82, 2.24) is 0 Å². The molecular weight excluding hydrogens is 451 g/mol. The van der Waals surface area contributed by atoms with E-state index in [2.05, 4.69) is 0 Å². The highest BCUT2D eigenvalue weighted by Gasteiger charge is 2.30. The van der Waals surface area contributed by atoms with Gasteiger partial charge in [-0.25, -0.2) is 0 Å². The van der Waals surface area contributed by atoms with E-state index in [0.29, 0.717) is 16.9 Å². The monoisotopic (exact) mass is 465 g/mol. The van der Waals surface area contributed by atoms with Crippen LogP contribution >= 0.6 is 0 Å². The Morgan fingerprint density at radius 2 is 1.38 bits per heavy atom. The molecule has 0 amide bonds. The molecule has 0 radical (unpaired) electrons. The lowest BCUT2D eigenvalue weighted by atomic mass is 10.1. The zero-order valence-corrected chi connectivity index (χ0v) is 17.2. The third kappa shape index (κ3) is 4.23. The van der Waals surface area contributed by atoms with Crippen LogP contribution in [0, 0.1) is 10.1 Å². The first-order valence-electron chi connectivity index (χ1n) is 10.00. The number of alkyl halides is 3. The van der Waals surface area contributed by atoms with Crippen LogP contribution in [0.15, 0.2) is 89.3 Å². The first kappa shape index (κ1) is 21.3. The molecule has 9 heteroatoms. The molecule has 0 saturated carbocycles. The molecule has 0 atom stereocenters. The second-order valence-electron chi connectivity index (χ2n) is 7.41. The van der Waals surface area contributed by atoms with Gasteiger partial charge in [0.1, 0.15) is 34.2 Å². The van der Waals surface area contributed by atoms with E-state index in [-0.39, 0.29) is 22.9 Å². The van der Waals surface area contributed by atoms with E-state index in [1.165, 1.54) is 24.3 Å². The predicted octanol–water partition coefficient (Wildman–Crippen LogP) is 8.10. The number of halogens is 3. The molecule has 0 bridgehead atoms. The van der Waals surface area contributed by atoms with Gasteiger partial charge in [-0.2, -0.15) is 13.2 Å². The zero-order valence-electron chi connectivity index (χ0n) is 17.2. The van der Waals surface area contributed by atoms with E-state index in [1.807, 2.05) is 24.3 Å². The van der Waals surface area contributed by atoms with E-state index in [1.54, 1.807) is 18.2 Å². The lowest BCUT2D eigenvalue weighted by Crippen LogP contribution is -2.04. The molecular formula is C25H14F3NO5. The third-order valence-electron chi connectivity index (χ3n) is 5.06. The molecule has 170 valence electrons. The minimum Gasteiger partial charge on any atom is -0.457 e. The van der Waals surface area contributed by atoms with Crippen LogP contribution in [0.2, 0.25) is 0 Å². The van der Waals surface area contributed by atoms with Gasteiger partial charge in [0.2, 0.25) is 0 Å². The van der Waals surface area contributed by atoms with E-state index in [4.69, 9.17) is 13.9 Å². The molecule has 34 heavy (non-hydrogen) atoms. The van der Waals surface area contributed by atoms with Gasteiger partial charge < -0.3 is 13.9 Å². The summed E-state index contributed by atoms with van der Waals surface area (Å²) in [6, 6.07) is 20.5. The summed E-state index contributed by atoms with van der Waals surface area (Å²) in [6.45, 7) is 0. The standard InChI is InChI=1S/C25H14F3NO5/c26-25(27,28)15-4-3-5-17(10-15)32-19-11-16(29(30)31)12-20(13-19)33-18-8-9-24-22(14-18)21-6-1-2-7-23(21)34-24/h1-14H. The molecule has 0 aliphatic heterocycles. The number of furan rings is 1. The van der Waals surface area contributed by atoms with Crippen LogP contribution in [0.5, 0.6) is 23.0 Å². The van der Waals surface area contributed by atoms with E-state index in [0.717, 1.165) is 29.0 Å². The Morgan fingerprint density at radius 3 is 2.09 bits per heavy atom. The van der Waals surface area contributed by atoms with Gasteiger partial charge in [-0.1, -0.05) is 24.3 Å². The summed E-state index contributed by atoms with van der Waals surface area (Å²) in [5, 5.41) is 13.1. The van der Waals surface area contributed by atoms with Gasteiger partial charge in [-0.15, -0.1) is 0 Å². The largest absolute Gasteiger partial charge is 0.457 e. The number of nitro benzene ring substituents is 1. The van der Waals surface area contributed by atoms with Crippen LogP contribution in [-0.2, 0) is 6.18 Å². The molecule has 1 heterocycles. The maximum atomic E-state index is 13.0. The SMILES string of the molecule is O=[N+]([O-])c1cc(Oc2cccc(C(F)(F)F)c2)cc(Oc2ccc3oc4ccccc4c3c2)c1. The quantitative estimate of drug-likeness (QED) is 0.194.